The molecule has 11 heteroatoms. The minimum atomic E-state index is -4.42. The number of rotatable bonds is 8. The highest BCUT2D eigenvalue weighted by Gasteiger charge is 2.38. The molecule has 0 spiro atoms. The smallest absolute Gasteiger partial charge is 0.368 e. The molecule has 0 saturated carbocycles. The van der Waals surface area contributed by atoms with Crippen molar-refractivity contribution >= 4 is 35.3 Å². The monoisotopic (exact) mass is 423 g/mol. The Morgan fingerprint density at radius 2 is 1.76 bits per heavy atom. The Morgan fingerprint density at radius 3 is 2.38 bits per heavy atom. The number of hydrogen-bond donors (Lipinski definition) is 2. The van der Waals surface area contributed by atoms with Gasteiger partial charge in [0.25, 0.3) is 0 Å². The number of allylic oxidation sites excluding steroid dienone is 1. The highest BCUT2D eigenvalue weighted by Crippen LogP contribution is 2.33. The molecular weight excluding hydrogens is 403 g/mol. The second-order valence-corrected chi connectivity index (χ2v) is 7.34. The number of aromatic nitrogens is 4. The van der Waals surface area contributed by atoms with Crippen molar-refractivity contribution < 1.29 is 13.2 Å². The molecule has 2 aromatic rings. The van der Waals surface area contributed by atoms with Gasteiger partial charge in [-0.15, -0.1) is 11.8 Å². The zero-order valence-electron chi connectivity index (χ0n) is 15.9. The largest absolute Gasteiger partial charge is 0.415 e. The van der Waals surface area contributed by atoms with Crippen molar-refractivity contribution in [1.82, 2.24) is 19.9 Å². The van der Waals surface area contributed by atoms with Crippen molar-refractivity contribution in [2.45, 2.75) is 18.0 Å². The quantitative estimate of drug-likeness (QED) is 0.628. The Labute approximate surface area is 170 Å². The first-order chi connectivity index (χ1) is 13.9. The van der Waals surface area contributed by atoms with Crippen molar-refractivity contribution in [3.8, 4) is 0 Å². The second-order valence-electron chi connectivity index (χ2n) is 6.46. The molecule has 0 radical (unpaired) electrons. The molecule has 3 rings (SSSR count). The second kappa shape index (κ2) is 9.21. The van der Waals surface area contributed by atoms with E-state index in [1.54, 1.807) is 24.2 Å². The zero-order valence-corrected chi connectivity index (χ0v) is 16.7. The lowest BCUT2D eigenvalue weighted by Gasteiger charge is -2.14. The van der Waals surface area contributed by atoms with Crippen LogP contribution in [0.15, 0.2) is 40.2 Å². The Bertz CT molecular complexity index is 880. The minimum Gasteiger partial charge on any atom is -0.368 e. The minimum absolute atomic E-state index is 0.0263. The summed E-state index contributed by atoms with van der Waals surface area (Å²) in [5.74, 6) is 1.28. The fourth-order valence-electron chi connectivity index (χ4n) is 2.54. The van der Waals surface area contributed by atoms with Crippen LogP contribution in [0.2, 0.25) is 0 Å². The van der Waals surface area contributed by atoms with E-state index in [1.807, 2.05) is 13.2 Å². The standard InChI is InChI=1S/C18H20F3N7S/c1-11(4-26-17-27-5-12(29-2)6-28-17)3-24-16-10-23-15(9-25-16)13-7-22-8-14(13)18(19,20)21/h5-7,9-11H,3-4,8H2,1-2H3,(H,24,25)(H,26,27,28). The number of nitrogens with one attached hydrogen (secondary N) is 2. The van der Waals surface area contributed by atoms with E-state index < -0.39 is 11.7 Å². The summed E-state index contributed by atoms with van der Waals surface area (Å²) in [5, 5.41) is 6.29. The molecule has 0 amide bonds. The molecule has 2 aromatic heterocycles. The van der Waals surface area contributed by atoms with Gasteiger partial charge in [0.15, 0.2) is 0 Å². The normalized spacial score (nSPS) is 14.9. The maximum atomic E-state index is 13.0. The van der Waals surface area contributed by atoms with Crippen molar-refractivity contribution in [3.63, 3.8) is 0 Å². The van der Waals surface area contributed by atoms with Gasteiger partial charge in [-0.2, -0.15) is 13.2 Å². The van der Waals surface area contributed by atoms with E-state index in [2.05, 4.69) is 35.6 Å². The van der Waals surface area contributed by atoms with Crippen LogP contribution in [0.25, 0.3) is 5.57 Å². The lowest BCUT2D eigenvalue weighted by Crippen LogP contribution is -2.21. The third-order valence-corrected chi connectivity index (χ3v) is 4.85. The SMILES string of the molecule is CSc1cnc(NCC(C)CNc2cnc(C3=C(C(F)(F)F)CN=C3)cn2)nc1. The third kappa shape index (κ3) is 5.66. The van der Waals surface area contributed by atoms with Gasteiger partial charge in [-0.1, -0.05) is 6.92 Å². The van der Waals surface area contributed by atoms with Crippen molar-refractivity contribution in [1.29, 1.82) is 0 Å². The molecule has 2 N–H and O–H groups in total. The first-order valence-corrected chi connectivity index (χ1v) is 10.1. The van der Waals surface area contributed by atoms with Gasteiger partial charge in [0.2, 0.25) is 5.95 Å². The highest BCUT2D eigenvalue weighted by atomic mass is 32.2. The van der Waals surface area contributed by atoms with E-state index in [1.165, 1.54) is 18.6 Å². The molecule has 1 atom stereocenters. The number of aliphatic imine (C=N–C) groups is 1. The van der Waals surface area contributed by atoms with Gasteiger partial charge in [0, 0.05) is 42.2 Å². The molecule has 29 heavy (non-hydrogen) atoms. The molecular formula is C18H20F3N7S. The number of hydrogen-bond acceptors (Lipinski definition) is 8. The van der Waals surface area contributed by atoms with Crippen LogP contribution in [0.5, 0.6) is 0 Å². The van der Waals surface area contributed by atoms with Crippen LogP contribution in [-0.2, 0) is 0 Å². The maximum Gasteiger partial charge on any atom is 0.415 e. The van der Waals surface area contributed by atoms with Crippen LogP contribution in [-0.4, -0.2) is 58.2 Å². The summed E-state index contributed by atoms with van der Waals surface area (Å²) in [5.41, 5.74) is -0.564. The van der Waals surface area contributed by atoms with E-state index in [0.717, 1.165) is 4.90 Å². The van der Waals surface area contributed by atoms with Crippen LogP contribution in [0.4, 0.5) is 24.9 Å². The molecule has 1 aliphatic heterocycles. The molecule has 0 saturated heterocycles. The molecule has 0 aliphatic carbocycles. The summed E-state index contributed by atoms with van der Waals surface area (Å²) >= 11 is 1.58. The molecule has 1 unspecified atom stereocenters. The van der Waals surface area contributed by atoms with Gasteiger partial charge in [0.05, 0.1) is 30.2 Å². The van der Waals surface area contributed by atoms with Gasteiger partial charge in [0.1, 0.15) is 5.82 Å². The fourth-order valence-corrected chi connectivity index (χ4v) is 2.86. The van der Waals surface area contributed by atoms with E-state index in [-0.39, 0.29) is 23.7 Å². The number of alkyl halides is 3. The number of anilines is 2. The van der Waals surface area contributed by atoms with Crippen molar-refractivity contribution in [2.24, 2.45) is 10.9 Å². The first kappa shape index (κ1) is 21.0. The third-order valence-electron chi connectivity index (χ3n) is 4.17. The molecule has 0 bridgehead atoms. The average molecular weight is 423 g/mol. The van der Waals surface area contributed by atoms with Crippen LogP contribution >= 0.6 is 11.8 Å². The Hall–Kier alpha value is -2.69. The van der Waals surface area contributed by atoms with Gasteiger partial charge >= 0.3 is 6.18 Å². The predicted octanol–water partition coefficient (Wildman–Crippen LogP) is 3.55. The lowest BCUT2D eigenvalue weighted by atomic mass is 10.1. The van der Waals surface area contributed by atoms with Crippen LogP contribution in [0.3, 0.4) is 0 Å². The molecule has 0 aromatic carbocycles. The van der Waals surface area contributed by atoms with Gasteiger partial charge in [-0.3, -0.25) is 9.98 Å². The van der Waals surface area contributed by atoms with Crippen molar-refractivity contribution in [2.75, 3.05) is 36.5 Å². The predicted molar refractivity (Wildman–Crippen MR) is 108 cm³/mol. The van der Waals surface area contributed by atoms with Crippen LogP contribution < -0.4 is 10.6 Å². The average Bonchev–Trinajstić information content (AvgIpc) is 3.22. The van der Waals surface area contributed by atoms with E-state index in [9.17, 15) is 13.2 Å². The van der Waals surface area contributed by atoms with Crippen molar-refractivity contribution in [3.05, 3.63) is 36.1 Å². The van der Waals surface area contributed by atoms with E-state index >= 15 is 0 Å². The topological polar surface area (TPSA) is 88.0 Å². The van der Waals surface area contributed by atoms with Gasteiger partial charge in [-0.05, 0) is 12.2 Å². The molecule has 0 fully saturated rings. The highest BCUT2D eigenvalue weighted by molar-refractivity contribution is 7.98. The van der Waals surface area contributed by atoms with Crippen LogP contribution in [0.1, 0.15) is 12.6 Å². The molecule has 3 heterocycles. The maximum absolute atomic E-state index is 13.0. The summed E-state index contributed by atoms with van der Waals surface area (Å²) in [6.45, 7) is 2.90. The van der Waals surface area contributed by atoms with E-state index in [0.29, 0.717) is 24.9 Å². The summed E-state index contributed by atoms with van der Waals surface area (Å²) < 4.78 is 39.0. The number of thioether (sulfide) groups is 1. The van der Waals surface area contributed by atoms with Gasteiger partial charge in [-0.25, -0.2) is 15.0 Å². The molecule has 154 valence electrons. The summed E-state index contributed by atoms with van der Waals surface area (Å²) in [6.07, 6.45) is 5.00. The molecule has 1 aliphatic rings. The number of halogens is 3. The fraction of sp³-hybridized carbons (Fsp3) is 0.389. The molecule has 7 nitrogen and oxygen atoms in total. The Balaban J connectivity index is 1.51. The number of nitrogens with zero attached hydrogens (tertiary/aromatic N) is 5. The van der Waals surface area contributed by atoms with E-state index in [4.69, 9.17) is 0 Å². The lowest BCUT2D eigenvalue weighted by molar-refractivity contribution is -0.0911. The van der Waals surface area contributed by atoms with Crippen LogP contribution in [0, 0.1) is 5.92 Å². The van der Waals surface area contributed by atoms with Gasteiger partial charge < -0.3 is 10.6 Å². The Morgan fingerprint density at radius 1 is 1.03 bits per heavy atom. The Kier molecular flexibility index (Phi) is 6.68. The summed E-state index contributed by atoms with van der Waals surface area (Å²) in [6, 6.07) is 0. The summed E-state index contributed by atoms with van der Waals surface area (Å²) in [4.78, 5) is 21.4. The summed E-state index contributed by atoms with van der Waals surface area (Å²) in [7, 11) is 0. The first-order valence-electron chi connectivity index (χ1n) is 8.83. The zero-order chi connectivity index (χ0) is 20.9.